The van der Waals surface area contributed by atoms with Crippen molar-refractivity contribution in [3.05, 3.63) is 41.0 Å². The van der Waals surface area contributed by atoms with Crippen LogP contribution in [0, 0.1) is 11.3 Å². The largest absolute Gasteiger partial charge is 0.294 e. The number of halogens is 1. The normalized spacial score (nSPS) is 32.9. The Balaban J connectivity index is 1.85. The Bertz CT molecular complexity index is 500. The number of carbonyl (C=O) groups is 1. The number of fused-ring (bicyclic) bond motifs is 1. The summed E-state index contributed by atoms with van der Waals surface area (Å²) in [5.41, 5.74) is 3.46. The minimum Gasteiger partial charge on any atom is -0.294 e. The van der Waals surface area contributed by atoms with Gasteiger partial charge in [-0.1, -0.05) is 47.1 Å². The van der Waals surface area contributed by atoms with E-state index in [1.165, 1.54) is 12.0 Å². The first-order valence-electron chi connectivity index (χ1n) is 6.06. The van der Waals surface area contributed by atoms with Crippen LogP contribution in [0.5, 0.6) is 0 Å². The number of ketones is 1. The summed E-state index contributed by atoms with van der Waals surface area (Å²) < 4.78 is 0. The Morgan fingerprint density at radius 2 is 2.12 bits per heavy atom. The predicted octanol–water partition coefficient (Wildman–Crippen LogP) is 3.96. The van der Waals surface area contributed by atoms with Gasteiger partial charge in [0, 0.05) is 22.2 Å². The van der Waals surface area contributed by atoms with E-state index in [4.69, 9.17) is 0 Å². The van der Waals surface area contributed by atoms with E-state index in [1.54, 1.807) is 0 Å². The zero-order valence-electron chi connectivity index (χ0n) is 9.87. The molecule has 2 aliphatic carbocycles. The van der Waals surface area contributed by atoms with E-state index >= 15 is 0 Å². The van der Waals surface area contributed by atoms with Crippen molar-refractivity contribution in [1.82, 2.24) is 0 Å². The standard InChI is InChI=1S/C15H15BrO/c1-15-7-6-13(15)12(14(15)17)8-10-2-4-11(9-16)5-3-10/h2-5,8,13H,6-7,9H2,1H3/b12-8-/t13?,15-/m0/s1. The van der Waals surface area contributed by atoms with Crippen molar-refractivity contribution in [3.63, 3.8) is 0 Å². The highest BCUT2D eigenvalue weighted by Gasteiger charge is 2.60. The Morgan fingerprint density at radius 1 is 1.41 bits per heavy atom. The van der Waals surface area contributed by atoms with Crippen molar-refractivity contribution < 1.29 is 4.79 Å². The maximum absolute atomic E-state index is 12.0. The maximum Gasteiger partial charge on any atom is 0.165 e. The molecule has 88 valence electrons. The van der Waals surface area contributed by atoms with Crippen LogP contribution < -0.4 is 0 Å². The van der Waals surface area contributed by atoms with Crippen LogP contribution >= 0.6 is 15.9 Å². The van der Waals surface area contributed by atoms with Crippen molar-refractivity contribution in [2.45, 2.75) is 25.1 Å². The first kappa shape index (κ1) is 11.2. The SMILES string of the molecule is C[C@]12CCC1/C(=C/c1ccc(CBr)cc1)C2=O. The second-order valence-corrected chi connectivity index (χ2v) is 5.87. The molecule has 2 fully saturated rings. The van der Waals surface area contributed by atoms with E-state index in [0.717, 1.165) is 22.9 Å². The highest BCUT2D eigenvalue weighted by atomic mass is 79.9. The zero-order valence-corrected chi connectivity index (χ0v) is 11.5. The van der Waals surface area contributed by atoms with E-state index in [0.29, 0.717) is 11.7 Å². The van der Waals surface area contributed by atoms with Gasteiger partial charge in [0.25, 0.3) is 0 Å². The Hall–Kier alpha value is -0.890. The molecule has 0 radical (unpaired) electrons. The molecule has 0 bridgehead atoms. The van der Waals surface area contributed by atoms with Crippen LogP contribution in [0.15, 0.2) is 29.8 Å². The summed E-state index contributed by atoms with van der Waals surface area (Å²) >= 11 is 3.43. The first-order valence-corrected chi connectivity index (χ1v) is 7.18. The number of alkyl halides is 1. The van der Waals surface area contributed by atoms with Crippen LogP contribution in [0.4, 0.5) is 0 Å². The molecule has 3 rings (SSSR count). The lowest BCUT2D eigenvalue weighted by Crippen LogP contribution is -2.57. The average molecular weight is 291 g/mol. The van der Waals surface area contributed by atoms with Gasteiger partial charge < -0.3 is 0 Å². The van der Waals surface area contributed by atoms with Gasteiger partial charge in [0.15, 0.2) is 5.78 Å². The number of allylic oxidation sites excluding steroid dienone is 1. The van der Waals surface area contributed by atoms with Gasteiger partial charge in [-0.2, -0.15) is 0 Å². The molecule has 0 heterocycles. The molecule has 0 aliphatic heterocycles. The summed E-state index contributed by atoms with van der Waals surface area (Å²) in [4.78, 5) is 12.0. The van der Waals surface area contributed by atoms with Crippen LogP contribution in [0.2, 0.25) is 0 Å². The van der Waals surface area contributed by atoms with Crippen LogP contribution in [0.3, 0.4) is 0 Å². The Kier molecular flexibility index (Phi) is 2.51. The minimum absolute atomic E-state index is 0.00162. The lowest BCUT2D eigenvalue weighted by atomic mass is 9.45. The lowest BCUT2D eigenvalue weighted by Gasteiger charge is -2.56. The van der Waals surface area contributed by atoms with E-state index in [9.17, 15) is 4.79 Å². The number of hydrogen-bond donors (Lipinski definition) is 0. The van der Waals surface area contributed by atoms with Gasteiger partial charge in [0.05, 0.1) is 0 Å². The van der Waals surface area contributed by atoms with Gasteiger partial charge in [0.1, 0.15) is 0 Å². The molecule has 0 N–H and O–H groups in total. The van der Waals surface area contributed by atoms with Gasteiger partial charge in [-0.25, -0.2) is 0 Å². The molecule has 2 aliphatic rings. The molecule has 1 unspecified atom stereocenters. The fourth-order valence-electron chi connectivity index (χ4n) is 2.95. The molecule has 0 amide bonds. The molecule has 2 atom stereocenters. The Morgan fingerprint density at radius 3 is 2.59 bits per heavy atom. The minimum atomic E-state index is 0.00162. The molecule has 1 aromatic rings. The molecular formula is C15H15BrO. The molecular weight excluding hydrogens is 276 g/mol. The summed E-state index contributed by atoms with van der Waals surface area (Å²) in [7, 11) is 0. The highest BCUT2D eigenvalue weighted by Crippen LogP contribution is 2.61. The predicted molar refractivity (Wildman–Crippen MR) is 72.9 cm³/mol. The van der Waals surface area contributed by atoms with Crippen molar-refractivity contribution in [1.29, 1.82) is 0 Å². The molecule has 0 aromatic heterocycles. The molecule has 1 aromatic carbocycles. The molecule has 0 saturated heterocycles. The zero-order chi connectivity index (χ0) is 12.0. The topological polar surface area (TPSA) is 17.1 Å². The van der Waals surface area contributed by atoms with Crippen LogP contribution in [0.1, 0.15) is 30.9 Å². The summed E-state index contributed by atoms with van der Waals surface area (Å²) in [6, 6.07) is 8.38. The van der Waals surface area contributed by atoms with Gasteiger partial charge >= 0.3 is 0 Å². The second-order valence-electron chi connectivity index (χ2n) is 5.31. The van der Waals surface area contributed by atoms with E-state index < -0.39 is 0 Å². The van der Waals surface area contributed by atoms with Gasteiger partial charge in [-0.15, -0.1) is 0 Å². The third-order valence-corrected chi connectivity index (χ3v) is 4.98. The second kappa shape index (κ2) is 3.81. The molecule has 2 heteroatoms. The fourth-order valence-corrected chi connectivity index (χ4v) is 3.32. The number of benzene rings is 1. The smallest absolute Gasteiger partial charge is 0.165 e. The summed E-state index contributed by atoms with van der Waals surface area (Å²) in [6.07, 6.45) is 4.34. The average Bonchev–Trinajstić information content (AvgIpc) is 2.36. The third-order valence-electron chi connectivity index (χ3n) is 4.33. The molecule has 1 nitrogen and oxygen atoms in total. The summed E-state index contributed by atoms with van der Waals surface area (Å²) in [5.74, 6) is 0.907. The summed E-state index contributed by atoms with van der Waals surface area (Å²) in [5, 5.41) is 0.878. The number of hydrogen-bond acceptors (Lipinski definition) is 1. The number of rotatable bonds is 2. The monoisotopic (exact) mass is 290 g/mol. The molecule has 0 spiro atoms. The summed E-state index contributed by atoms with van der Waals surface area (Å²) in [6.45, 7) is 2.11. The number of carbonyl (C=O) groups excluding carboxylic acids is 1. The molecule has 2 saturated carbocycles. The fraction of sp³-hybridized carbons (Fsp3) is 0.400. The van der Waals surface area contributed by atoms with Crippen molar-refractivity contribution >= 4 is 27.8 Å². The van der Waals surface area contributed by atoms with Crippen molar-refractivity contribution in [2.24, 2.45) is 11.3 Å². The van der Waals surface area contributed by atoms with Crippen LogP contribution in [-0.4, -0.2) is 5.78 Å². The Labute approximate surface area is 110 Å². The van der Waals surface area contributed by atoms with E-state index in [-0.39, 0.29) is 5.41 Å². The van der Waals surface area contributed by atoms with E-state index in [2.05, 4.69) is 53.2 Å². The van der Waals surface area contributed by atoms with Crippen molar-refractivity contribution in [2.75, 3.05) is 0 Å². The van der Waals surface area contributed by atoms with Crippen LogP contribution in [-0.2, 0) is 10.1 Å². The third kappa shape index (κ3) is 1.54. The first-order chi connectivity index (χ1) is 8.15. The maximum atomic E-state index is 12.0. The van der Waals surface area contributed by atoms with Crippen molar-refractivity contribution in [3.8, 4) is 0 Å². The van der Waals surface area contributed by atoms with Gasteiger partial charge in [-0.3, -0.25) is 4.79 Å². The molecule has 17 heavy (non-hydrogen) atoms. The number of Topliss-reactive ketones (excluding diaryl/α,β-unsaturated/α-hetero) is 1. The van der Waals surface area contributed by atoms with Gasteiger partial charge in [0.2, 0.25) is 0 Å². The van der Waals surface area contributed by atoms with Gasteiger partial charge in [-0.05, 0) is 30.0 Å². The lowest BCUT2D eigenvalue weighted by molar-refractivity contribution is -0.144. The quantitative estimate of drug-likeness (QED) is 0.595. The van der Waals surface area contributed by atoms with E-state index in [1.807, 2.05) is 0 Å². The van der Waals surface area contributed by atoms with Crippen LogP contribution in [0.25, 0.3) is 6.08 Å². The highest BCUT2D eigenvalue weighted by molar-refractivity contribution is 9.08.